The molecule has 0 aliphatic carbocycles. The largest absolute Gasteiger partial charge is 0.463 e. The third-order valence-electron chi connectivity index (χ3n) is 5.22. The Morgan fingerprint density at radius 2 is 1.10 bits per heavy atom. The molecule has 176 valence electrons. The Bertz CT molecular complexity index is 442. The van der Waals surface area contributed by atoms with Gasteiger partial charge < -0.3 is 9.47 Å². The van der Waals surface area contributed by atoms with Crippen LogP contribution in [0.3, 0.4) is 0 Å². The number of esters is 2. The van der Waals surface area contributed by atoms with Gasteiger partial charge in [-0.2, -0.15) is 0 Å². The van der Waals surface area contributed by atoms with Crippen LogP contribution in [0.2, 0.25) is 0 Å². The summed E-state index contributed by atoms with van der Waals surface area (Å²) in [5, 5.41) is 0. The third-order valence-corrected chi connectivity index (χ3v) is 5.22. The molecule has 1 unspecified atom stereocenters. The fourth-order valence-corrected chi connectivity index (χ4v) is 3.60. The summed E-state index contributed by atoms with van der Waals surface area (Å²) < 4.78 is 10.3. The summed E-state index contributed by atoms with van der Waals surface area (Å²) in [6.45, 7) is 8.70. The summed E-state index contributed by atoms with van der Waals surface area (Å²) in [6, 6.07) is 0. The van der Waals surface area contributed by atoms with E-state index in [0.717, 1.165) is 31.4 Å². The lowest BCUT2D eigenvalue weighted by Crippen LogP contribution is -2.15. The fourth-order valence-electron chi connectivity index (χ4n) is 3.60. The van der Waals surface area contributed by atoms with Crippen molar-refractivity contribution in [3.8, 4) is 0 Å². The molecule has 0 amide bonds. The minimum Gasteiger partial charge on any atom is -0.463 e. The van der Waals surface area contributed by atoms with Crippen LogP contribution in [0.15, 0.2) is 12.2 Å². The maximum absolute atomic E-state index is 11.6. The molecule has 0 bridgehead atoms. The fraction of sp³-hybridized carbons (Fsp3) is 0.846. The predicted molar refractivity (Wildman–Crippen MR) is 125 cm³/mol. The van der Waals surface area contributed by atoms with Crippen molar-refractivity contribution in [2.45, 2.75) is 130 Å². The van der Waals surface area contributed by atoms with E-state index in [0.29, 0.717) is 12.5 Å². The summed E-state index contributed by atoms with van der Waals surface area (Å²) >= 11 is 0. The summed E-state index contributed by atoms with van der Waals surface area (Å²) in [5.74, 6) is -0.499. The number of unbranched alkanes of at least 4 members (excludes halogenated alkanes) is 13. The van der Waals surface area contributed by atoms with Crippen molar-refractivity contribution in [2.24, 2.45) is 5.92 Å². The maximum atomic E-state index is 11.6. The molecular weight excluding hydrogens is 376 g/mol. The molecule has 0 saturated carbocycles. The van der Waals surface area contributed by atoms with Gasteiger partial charge in [-0.1, -0.05) is 104 Å². The molecule has 0 radical (unpaired) electrons. The number of carbonyl (C=O) groups excluding carboxylic acids is 2. The van der Waals surface area contributed by atoms with E-state index >= 15 is 0 Å². The van der Waals surface area contributed by atoms with E-state index in [9.17, 15) is 9.59 Å². The highest BCUT2D eigenvalue weighted by Crippen LogP contribution is 2.13. The van der Waals surface area contributed by atoms with Crippen molar-refractivity contribution in [1.82, 2.24) is 0 Å². The lowest BCUT2D eigenvalue weighted by atomic mass is 10.0. The van der Waals surface area contributed by atoms with Gasteiger partial charge in [0.1, 0.15) is 0 Å². The lowest BCUT2D eigenvalue weighted by molar-refractivity contribution is -0.144. The van der Waals surface area contributed by atoms with Gasteiger partial charge in [-0.3, -0.25) is 0 Å². The Labute approximate surface area is 186 Å². The van der Waals surface area contributed by atoms with Gasteiger partial charge in [0, 0.05) is 12.2 Å². The van der Waals surface area contributed by atoms with Gasteiger partial charge in [0.2, 0.25) is 0 Å². The second-order valence-electron chi connectivity index (χ2n) is 8.97. The van der Waals surface area contributed by atoms with Gasteiger partial charge in [-0.05, 0) is 25.7 Å². The van der Waals surface area contributed by atoms with E-state index < -0.39 is 11.9 Å². The van der Waals surface area contributed by atoms with Crippen molar-refractivity contribution in [1.29, 1.82) is 0 Å². The van der Waals surface area contributed by atoms with Crippen LogP contribution in [0.25, 0.3) is 0 Å². The van der Waals surface area contributed by atoms with E-state index in [-0.39, 0.29) is 6.10 Å². The van der Waals surface area contributed by atoms with E-state index in [4.69, 9.17) is 9.47 Å². The highest BCUT2D eigenvalue weighted by Gasteiger charge is 2.09. The zero-order valence-corrected chi connectivity index (χ0v) is 20.3. The molecule has 0 aliphatic heterocycles. The van der Waals surface area contributed by atoms with Gasteiger partial charge in [-0.15, -0.1) is 0 Å². The highest BCUT2D eigenvalue weighted by molar-refractivity contribution is 5.91. The first-order valence-electron chi connectivity index (χ1n) is 12.5. The molecule has 30 heavy (non-hydrogen) atoms. The van der Waals surface area contributed by atoms with Crippen LogP contribution >= 0.6 is 0 Å². The number of rotatable bonds is 20. The van der Waals surface area contributed by atoms with Crippen LogP contribution in [0.5, 0.6) is 0 Å². The number of hydrogen-bond acceptors (Lipinski definition) is 4. The monoisotopic (exact) mass is 424 g/mol. The topological polar surface area (TPSA) is 52.6 Å². The Morgan fingerprint density at radius 3 is 1.57 bits per heavy atom. The quantitative estimate of drug-likeness (QED) is 0.115. The zero-order valence-electron chi connectivity index (χ0n) is 20.3. The van der Waals surface area contributed by atoms with Crippen LogP contribution in [0.1, 0.15) is 124 Å². The van der Waals surface area contributed by atoms with Crippen molar-refractivity contribution in [2.75, 3.05) is 6.61 Å². The molecule has 1 atom stereocenters. The first-order valence-corrected chi connectivity index (χ1v) is 12.5. The molecule has 0 aromatic heterocycles. The second-order valence-corrected chi connectivity index (χ2v) is 8.97. The molecule has 0 spiro atoms. The molecule has 4 nitrogen and oxygen atoms in total. The van der Waals surface area contributed by atoms with Crippen LogP contribution in [-0.2, 0) is 19.1 Å². The number of hydrogen-bond donors (Lipinski definition) is 0. The third kappa shape index (κ3) is 21.4. The van der Waals surface area contributed by atoms with E-state index in [2.05, 4.69) is 20.8 Å². The first-order chi connectivity index (χ1) is 14.5. The Balaban J connectivity index is 3.43. The minimum atomic E-state index is -0.489. The molecular formula is C26H48O4. The van der Waals surface area contributed by atoms with Gasteiger partial charge in [0.15, 0.2) is 0 Å². The first kappa shape index (κ1) is 28.7. The summed E-state index contributed by atoms with van der Waals surface area (Å²) in [7, 11) is 0. The smallest absolute Gasteiger partial charge is 0.331 e. The Kier molecular flexibility index (Phi) is 20.0. The molecule has 0 N–H and O–H groups in total. The highest BCUT2D eigenvalue weighted by atomic mass is 16.5. The summed E-state index contributed by atoms with van der Waals surface area (Å²) in [6.07, 6.45) is 21.2. The minimum absolute atomic E-state index is 0.145. The normalized spacial score (nSPS) is 12.4. The van der Waals surface area contributed by atoms with E-state index in [1.165, 1.54) is 77.0 Å². The number of ether oxygens (including phenoxy) is 2. The molecule has 0 heterocycles. The maximum Gasteiger partial charge on any atom is 0.331 e. The van der Waals surface area contributed by atoms with E-state index in [1.54, 1.807) is 0 Å². The van der Waals surface area contributed by atoms with Crippen LogP contribution in [-0.4, -0.2) is 24.6 Å². The molecule has 0 aromatic carbocycles. The van der Waals surface area contributed by atoms with Gasteiger partial charge in [0.25, 0.3) is 0 Å². The lowest BCUT2D eigenvalue weighted by Gasteiger charge is -2.13. The average Bonchev–Trinajstić information content (AvgIpc) is 2.68. The van der Waals surface area contributed by atoms with Crippen molar-refractivity contribution in [3.05, 3.63) is 12.2 Å². The average molecular weight is 425 g/mol. The molecule has 0 rings (SSSR count). The van der Waals surface area contributed by atoms with Crippen LogP contribution in [0.4, 0.5) is 0 Å². The van der Waals surface area contributed by atoms with Crippen molar-refractivity contribution >= 4 is 11.9 Å². The molecule has 4 heteroatoms. The number of carbonyl (C=O) groups is 2. The SMILES string of the molecule is CCCCCCCCCCCCCCCCOC(=O)/C=C/C(=O)OC(C)CC(C)C. The van der Waals surface area contributed by atoms with Gasteiger partial charge in [-0.25, -0.2) is 9.59 Å². The second kappa shape index (κ2) is 20.9. The Hall–Kier alpha value is -1.32. The molecule has 0 aromatic rings. The zero-order chi connectivity index (χ0) is 22.5. The summed E-state index contributed by atoms with van der Waals surface area (Å²) in [5.41, 5.74) is 0. The van der Waals surface area contributed by atoms with Crippen molar-refractivity contribution in [3.63, 3.8) is 0 Å². The standard InChI is InChI=1S/C26H48O4/c1-5-6-7-8-9-10-11-12-13-14-15-16-17-18-21-29-25(27)19-20-26(28)30-24(4)22-23(2)3/h19-20,23-24H,5-18,21-22H2,1-4H3/b20-19+. The predicted octanol–water partition coefficient (Wildman–Crippen LogP) is 7.54. The van der Waals surface area contributed by atoms with Crippen LogP contribution in [0, 0.1) is 5.92 Å². The van der Waals surface area contributed by atoms with E-state index in [1.807, 2.05) is 6.92 Å². The molecule has 0 fully saturated rings. The van der Waals surface area contributed by atoms with Crippen LogP contribution < -0.4 is 0 Å². The molecule has 0 aliphatic rings. The van der Waals surface area contributed by atoms with Gasteiger partial charge in [0.05, 0.1) is 12.7 Å². The van der Waals surface area contributed by atoms with Gasteiger partial charge >= 0.3 is 11.9 Å². The van der Waals surface area contributed by atoms with Crippen molar-refractivity contribution < 1.29 is 19.1 Å². The Morgan fingerprint density at radius 1 is 0.667 bits per heavy atom. The molecule has 0 saturated heterocycles. The summed E-state index contributed by atoms with van der Waals surface area (Å²) in [4.78, 5) is 23.3.